The van der Waals surface area contributed by atoms with Gasteiger partial charge >= 0.3 is 17.9 Å². The van der Waals surface area contributed by atoms with Crippen molar-refractivity contribution in [3.05, 3.63) is 70.4 Å². The van der Waals surface area contributed by atoms with Crippen molar-refractivity contribution in [3.63, 3.8) is 0 Å². The van der Waals surface area contributed by atoms with Crippen LogP contribution in [-0.2, 0) is 61.8 Å². The lowest BCUT2D eigenvalue weighted by molar-refractivity contribution is -0.178. The number of carbonyl (C=O) groups is 4. The monoisotopic (exact) mass is 892 g/mol. The molecule has 7 heterocycles. The van der Waals surface area contributed by atoms with E-state index >= 15 is 4.79 Å². The molecule has 1 aliphatic carbocycles. The molecule has 14 heteroatoms. The summed E-state index contributed by atoms with van der Waals surface area (Å²) >= 11 is 0. The number of methoxy groups -OCH3 is 3. The van der Waals surface area contributed by atoms with E-state index in [-0.39, 0.29) is 12.3 Å². The van der Waals surface area contributed by atoms with E-state index in [0.29, 0.717) is 94.2 Å². The Hall–Kier alpha value is -4.76. The third-order valence-corrected chi connectivity index (χ3v) is 17.1. The number of aryl methyl sites for hydroxylation is 1. The fourth-order valence-corrected chi connectivity index (χ4v) is 14.5. The highest BCUT2D eigenvalue weighted by Crippen LogP contribution is 2.80. The molecule has 2 bridgehead atoms. The van der Waals surface area contributed by atoms with E-state index in [1.807, 2.05) is 26.0 Å². The number of amides is 1. The average Bonchev–Trinajstić information content (AvgIpc) is 3.52. The molecule has 4 fully saturated rings. The van der Waals surface area contributed by atoms with E-state index in [1.165, 1.54) is 31.6 Å². The van der Waals surface area contributed by atoms with Gasteiger partial charge in [-0.15, -0.1) is 0 Å². The van der Waals surface area contributed by atoms with Crippen LogP contribution in [0.3, 0.4) is 0 Å². The molecule has 348 valence electrons. The summed E-state index contributed by atoms with van der Waals surface area (Å²) in [6.07, 6.45) is 8.60. The molecular weight excluding hydrogens is 829 g/mol. The minimum atomic E-state index is -1.89. The van der Waals surface area contributed by atoms with Crippen LogP contribution in [0.4, 0.5) is 5.69 Å². The lowest BCUT2D eigenvalue weighted by Gasteiger charge is -2.58. The van der Waals surface area contributed by atoms with Gasteiger partial charge in [0.25, 0.3) is 5.60 Å². The molecule has 1 unspecified atom stereocenters. The molecule has 1 saturated carbocycles. The van der Waals surface area contributed by atoms with Crippen molar-refractivity contribution in [3.8, 4) is 5.75 Å². The first-order valence-corrected chi connectivity index (χ1v) is 23.7. The highest BCUT2D eigenvalue weighted by molar-refractivity contribution is 5.99. The highest BCUT2D eigenvalue weighted by atomic mass is 16.7. The Labute approximate surface area is 380 Å². The highest BCUT2D eigenvalue weighted by Gasteiger charge is 2.99. The Morgan fingerprint density at radius 1 is 1.02 bits per heavy atom. The van der Waals surface area contributed by atoms with Gasteiger partial charge in [-0.05, 0) is 105 Å². The molecule has 10 rings (SSSR count). The van der Waals surface area contributed by atoms with Crippen LogP contribution in [0, 0.1) is 17.3 Å². The first kappa shape index (κ1) is 44.1. The van der Waals surface area contributed by atoms with Crippen LogP contribution in [0.2, 0.25) is 0 Å². The molecule has 3 aromatic rings. The van der Waals surface area contributed by atoms with Crippen molar-refractivity contribution in [1.82, 2.24) is 14.8 Å². The number of piperidine rings is 1. The maximum atomic E-state index is 15.6. The summed E-state index contributed by atoms with van der Waals surface area (Å²) < 4.78 is 31.3. The van der Waals surface area contributed by atoms with E-state index in [1.54, 1.807) is 7.11 Å². The van der Waals surface area contributed by atoms with Crippen LogP contribution in [0.15, 0.2) is 42.5 Å². The van der Waals surface area contributed by atoms with Gasteiger partial charge < -0.3 is 33.8 Å². The number of epoxide rings is 1. The van der Waals surface area contributed by atoms with Gasteiger partial charge in [0.2, 0.25) is 12.1 Å². The smallest absolute Gasteiger partial charge is 0.347 e. The molecule has 10 atom stereocenters. The standard InChI is InChI=1S/C51H64N4O10/c1-9-46(60)25-33-26-48(44(58)62-7,41-34(16-20-53(27-33)28-46)35-22-32(13-12-30(3)4)14-15-38(35)52-41)37-23-36-39(24-40(37)61-6)55(29-56)51-49(36)18-21-54-19-11-17-47(10-2,42(49)54)43(64-31(5)57)50(51,65-51)45(59)63-8/h11,14-15,17,22-24,29-30,33,42-43,52,60H,9-10,12-13,16,18-21,25-28H2,1-8H3/t33-,42+,43-,46+,47-,48+,49-,50+,51+/m1/s1. The largest absolute Gasteiger partial charge is 0.496 e. The minimum absolute atomic E-state index is 0.142. The molecule has 7 aliphatic rings. The molecule has 6 aliphatic heterocycles. The summed E-state index contributed by atoms with van der Waals surface area (Å²) in [5.74, 6) is -1.04. The molecule has 65 heavy (non-hydrogen) atoms. The van der Waals surface area contributed by atoms with Crippen LogP contribution >= 0.6 is 0 Å². The van der Waals surface area contributed by atoms with Crippen molar-refractivity contribution < 1.29 is 48.0 Å². The number of aromatic amines is 1. The van der Waals surface area contributed by atoms with Crippen molar-refractivity contribution in [1.29, 1.82) is 0 Å². The van der Waals surface area contributed by atoms with Crippen molar-refractivity contribution in [2.45, 2.75) is 126 Å². The Balaban J connectivity index is 1.28. The number of carbonyl (C=O) groups excluding carboxylic acids is 4. The number of nitrogens with zero attached hydrogens (tertiary/aromatic N) is 3. The number of H-pyrrole nitrogens is 1. The molecule has 0 radical (unpaired) electrons. The zero-order valence-electron chi connectivity index (χ0n) is 39.1. The topological polar surface area (TPSA) is 163 Å². The van der Waals surface area contributed by atoms with E-state index in [0.717, 1.165) is 40.6 Å². The third kappa shape index (κ3) is 5.60. The maximum Gasteiger partial charge on any atom is 0.347 e. The summed E-state index contributed by atoms with van der Waals surface area (Å²) in [5.41, 5.74) is -2.37. The predicted molar refractivity (Wildman–Crippen MR) is 242 cm³/mol. The number of aromatic nitrogens is 1. The number of fused-ring (bicyclic) bond motifs is 6. The van der Waals surface area contributed by atoms with E-state index in [9.17, 15) is 19.5 Å². The second-order valence-corrected chi connectivity index (χ2v) is 20.5. The van der Waals surface area contributed by atoms with E-state index in [2.05, 4.69) is 59.0 Å². The van der Waals surface area contributed by atoms with Crippen LogP contribution < -0.4 is 9.64 Å². The quantitative estimate of drug-likeness (QED) is 0.0822. The number of anilines is 1. The first-order chi connectivity index (χ1) is 31.1. The molecule has 2 spiro atoms. The number of hydrogen-bond acceptors (Lipinski definition) is 12. The van der Waals surface area contributed by atoms with Crippen LogP contribution in [0.1, 0.15) is 101 Å². The van der Waals surface area contributed by atoms with Gasteiger partial charge in [0.15, 0.2) is 6.10 Å². The average molecular weight is 893 g/mol. The van der Waals surface area contributed by atoms with Gasteiger partial charge in [0.05, 0.1) is 38.0 Å². The van der Waals surface area contributed by atoms with Gasteiger partial charge in [0, 0.05) is 72.8 Å². The number of hydrogen-bond donors (Lipinski definition) is 2. The Morgan fingerprint density at radius 3 is 2.48 bits per heavy atom. The fraction of sp³-hybridized carbons (Fsp3) is 0.608. The molecule has 1 amide bonds. The first-order valence-electron chi connectivity index (χ1n) is 23.7. The van der Waals surface area contributed by atoms with E-state index in [4.69, 9.17) is 23.7 Å². The van der Waals surface area contributed by atoms with Gasteiger partial charge in [0.1, 0.15) is 11.2 Å². The van der Waals surface area contributed by atoms with Gasteiger partial charge in [-0.2, -0.15) is 0 Å². The summed E-state index contributed by atoms with van der Waals surface area (Å²) in [4.78, 5) is 67.4. The predicted octanol–water partition coefficient (Wildman–Crippen LogP) is 5.47. The molecular formula is C51H64N4O10. The van der Waals surface area contributed by atoms with Gasteiger partial charge in [-0.25, -0.2) is 4.79 Å². The summed E-state index contributed by atoms with van der Waals surface area (Å²) in [5, 5.41) is 13.2. The number of aliphatic hydroxyl groups is 1. The lowest BCUT2D eigenvalue weighted by Crippen LogP contribution is -2.75. The zero-order valence-corrected chi connectivity index (χ0v) is 39.1. The van der Waals surface area contributed by atoms with Crippen molar-refractivity contribution in [2.75, 3.05) is 59.0 Å². The number of ether oxygens (including phenoxy) is 5. The Bertz CT molecular complexity index is 2520. The number of nitrogens with one attached hydrogen (secondary N) is 1. The molecule has 14 nitrogen and oxygen atoms in total. The molecule has 2 N–H and O–H groups in total. The van der Waals surface area contributed by atoms with Crippen molar-refractivity contribution >= 4 is 40.9 Å². The summed E-state index contributed by atoms with van der Waals surface area (Å²) in [7, 11) is 4.28. The normalized spacial score (nSPS) is 36.3. The van der Waals surface area contributed by atoms with Gasteiger partial charge in [-0.3, -0.25) is 29.1 Å². The lowest BCUT2D eigenvalue weighted by atomic mass is 9.49. The number of esters is 3. The minimum Gasteiger partial charge on any atom is -0.496 e. The maximum absolute atomic E-state index is 15.6. The van der Waals surface area contributed by atoms with Crippen molar-refractivity contribution in [2.24, 2.45) is 17.3 Å². The van der Waals surface area contributed by atoms with Crippen LogP contribution in [0.25, 0.3) is 10.9 Å². The van der Waals surface area contributed by atoms with Gasteiger partial charge in [-0.1, -0.05) is 45.9 Å². The second kappa shape index (κ2) is 15.1. The molecule has 3 saturated heterocycles. The summed E-state index contributed by atoms with van der Waals surface area (Å²) in [6, 6.07) is 10.0. The second-order valence-electron chi connectivity index (χ2n) is 20.5. The molecule has 1 aromatic heterocycles. The fourth-order valence-electron chi connectivity index (χ4n) is 14.5. The zero-order chi connectivity index (χ0) is 46.1. The molecule has 2 aromatic carbocycles. The Morgan fingerprint density at radius 2 is 1.80 bits per heavy atom. The number of benzene rings is 2. The van der Waals surface area contributed by atoms with E-state index < -0.39 is 63.2 Å². The summed E-state index contributed by atoms with van der Waals surface area (Å²) in [6.45, 7) is 12.9. The third-order valence-electron chi connectivity index (χ3n) is 17.1. The SMILES string of the molecule is CC[C@]1(O)C[C@H]2CN(CCc3c([nH]c4ccc(CCC(C)C)cc34)[C@@](C(=O)OC)(c3cc4c(cc3OC)N(C=O)[C@@]35O[C@]3(C(=O)OC)[C@H](OC(C)=O)[C@]3(CC)C=CCN6CC[C@]45[C@@H]63)C2)C1. The number of rotatable bonds is 11. The van der Waals surface area contributed by atoms with Crippen LogP contribution in [-0.4, -0.2) is 127 Å². The van der Waals surface area contributed by atoms with Crippen LogP contribution in [0.5, 0.6) is 5.75 Å². The Kier molecular flexibility index (Phi) is 10.3.